The van der Waals surface area contributed by atoms with Gasteiger partial charge in [0.05, 0.1) is 17.8 Å². The largest absolute Gasteiger partial charge is 0.329 e. The first-order valence-corrected chi connectivity index (χ1v) is 14.2. The van der Waals surface area contributed by atoms with E-state index in [4.69, 9.17) is 28.2 Å². The van der Waals surface area contributed by atoms with Crippen LogP contribution in [-0.4, -0.2) is 25.9 Å². The van der Waals surface area contributed by atoms with Gasteiger partial charge in [0.1, 0.15) is 5.03 Å². The summed E-state index contributed by atoms with van der Waals surface area (Å²) in [6, 6.07) is 19.6. The number of allylic oxidation sites excluding steroid dienone is 1. The quantitative estimate of drug-likeness (QED) is 0.206. The van der Waals surface area contributed by atoms with Crippen LogP contribution in [0, 0.1) is 0 Å². The molecule has 2 aromatic heterocycles. The number of aromatic nitrogens is 3. The number of nitrogens with zero attached hydrogens (tertiary/aromatic N) is 4. The molecule has 0 amide bonds. The molecular formula is C30H28Cl2N4OS. The molecule has 194 valence electrons. The molecule has 0 spiro atoms. The summed E-state index contributed by atoms with van der Waals surface area (Å²) in [5.41, 5.74) is 2.63. The predicted molar refractivity (Wildman–Crippen MR) is 157 cm³/mol. The summed E-state index contributed by atoms with van der Waals surface area (Å²) in [6.45, 7) is 3.18. The van der Waals surface area contributed by atoms with E-state index in [1.165, 1.54) is 11.8 Å². The molecule has 1 atom stereocenters. The third kappa shape index (κ3) is 5.98. The van der Waals surface area contributed by atoms with Crippen LogP contribution in [0.2, 0.25) is 10.0 Å². The Kier molecular flexibility index (Phi) is 8.22. The predicted octanol–water partition coefficient (Wildman–Crippen LogP) is 7.13. The molecule has 1 unspecified atom stereocenters. The lowest BCUT2D eigenvalue weighted by atomic mass is 9.87. The van der Waals surface area contributed by atoms with Crippen LogP contribution >= 0.6 is 35.0 Å². The van der Waals surface area contributed by atoms with Crippen molar-refractivity contribution in [2.45, 2.75) is 54.7 Å². The summed E-state index contributed by atoms with van der Waals surface area (Å²) in [5, 5.41) is 2.02. The smallest absolute Gasteiger partial charge is 0.291 e. The van der Waals surface area contributed by atoms with E-state index >= 15 is 0 Å². The summed E-state index contributed by atoms with van der Waals surface area (Å²) >= 11 is 14.2. The molecule has 0 fully saturated rings. The Hall–Kier alpha value is -3.06. The first-order valence-electron chi connectivity index (χ1n) is 12.6. The second kappa shape index (κ2) is 11.8. The topological polar surface area (TPSA) is 52.2 Å². The van der Waals surface area contributed by atoms with Crippen LogP contribution in [0.1, 0.15) is 30.2 Å². The van der Waals surface area contributed by atoms with Gasteiger partial charge >= 0.3 is 5.69 Å². The van der Waals surface area contributed by atoms with E-state index in [0.717, 1.165) is 33.2 Å². The highest BCUT2D eigenvalue weighted by Gasteiger charge is 2.33. The van der Waals surface area contributed by atoms with Gasteiger partial charge in [0.15, 0.2) is 0 Å². The minimum atomic E-state index is -0.508. The third-order valence-corrected chi connectivity index (χ3v) is 8.08. The van der Waals surface area contributed by atoms with E-state index in [9.17, 15) is 4.79 Å². The number of hydrogen-bond acceptors (Lipinski definition) is 4. The fraction of sp³-hybridized carbons (Fsp3) is 0.233. The minimum Gasteiger partial charge on any atom is -0.291 e. The van der Waals surface area contributed by atoms with Gasteiger partial charge in [-0.2, -0.15) is 0 Å². The van der Waals surface area contributed by atoms with Crippen LogP contribution in [0.3, 0.4) is 0 Å². The van der Waals surface area contributed by atoms with Gasteiger partial charge in [-0.3, -0.25) is 19.1 Å². The number of imidazole rings is 1. The van der Waals surface area contributed by atoms with Gasteiger partial charge in [-0.25, -0.2) is 4.79 Å². The third-order valence-electron chi connectivity index (χ3n) is 6.52. The molecule has 38 heavy (non-hydrogen) atoms. The van der Waals surface area contributed by atoms with Crippen molar-refractivity contribution in [1.82, 2.24) is 14.1 Å². The number of aliphatic imine (C=N–C) groups is 1. The fourth-order valence-electron chi connectivity index (χ4n) is 4.83. The molecule has 4 aromatic rings. The van der Waals surface area contributed by atoms with Crippen LogP contribution in [0.25, 0.3) is 0 Å². The maximum Gasteiger partial charge on any atom is 0.329 e. The molecule has 0 N–H and O–H groups in total. The number of hydrogen-bond donors (Lipinski definition) is 0. The Morgan fingerprint density at radius 3 is 2.32 bits per heavy atom. The van der Waals surface area contributed by atoms with Crippen molar-refractivity contribution in [3.63, 3.8) is 0 Å². The molecule has 0 aliphatic carbocycles. The Labute approximate surface area is 236 Å². The van der Waals surface area contributed by atoms with Gasteiger partial charge < -0.3 is 0 Å². The highest BCUT2D eigenvalue weighted by Crippen LogP contribution is 2.37. The Bertz CT molecular complexity index is 1500. The Morgan fingerprint density at radius 1 is 0.921 bits per heavy atom. The first kappa shape index (κ1) is 26.5. The molecule has 2 aromatic carbocycles. The summed E-state index contributed by atoms with van der Waals surface area (Å²) < 4.78 is 3.80. The molecule has 0 bridgehead atoms. The van der Waals surface area contributed by atoms with Crippen LogP contribution in [0.4, 0.5) is 0 Å². The normalized spacial score (nSPS) is 16.4. The van der Waals surface area contributed by atoms with Crippen LogP contribution < -0.4 is 5.69 Å². The van der Waals surface area contributed by atoms with Crippen molar-refractivity contribution >= 4 is 41.2 Å². The van der Waals surface area contributed by atoms with Gasteiger partial charge in [-0.1, -0.05) is 78.3 Å². The highest BCUT2D eigenvalue weighted by molar-refractivity contribution is 7.99. The fourth-order valence-corrected chi connectivity index (χ4v) is 6.66. The average Bonchev–Trinajstić information content (AvgIpc) is 3.44. The lowest BCUT2D eigenvalue weighted by Crippen LogP contribution is -2.31. The zero-order valence-corrected chi connectivity index (χ0v) is 23.4. The lowest BCUT2D eigenvalue weighted by Gasteiger charge is -2.26. The molecule has 1 aliphatic heterocycles. The van der Waals surface area contributed by atoms with E-state index in [-0.39, 0.29) is 5.69 Å². The molecular weight excluding hydrogens is 535 g/mol. The second-order valence-electron chi connectivity index (χ2n) is 9.41. The van der Waals surface area contributed by atoms with Gasteiger partial charge in [0.2, 0.25) is 0 Å². The first-order chi connectivity index (χ1) is 18.5. The molecule has 8 heteroatoms. The summed E-state index contributed by atoms with van der Waals surface area (Å²) in [5.74, 6) is 0. The van der Waals surface area contributed by atoms with Crippen molar-refractivity contribution in [1.29, 1.82) is 0 Å². The van der Waals surface area contributed by atoms with Gasteiger partial charge in [0, 0.05) is 52.9 Å². The maximum absolute atomic E-state index is 14.0. The van der Waals surface area contributed by atoms with Crippen molar-refractivity contribution in [3.8, 4) is 0 Å². The second-order valence-corrected chi connectivity index (χ2v) is 11.3. The Balaban J connectivity index is 1.65. The lowest BCUT2D eigenvalue weighted by molar-refractivity contribution is 0.507. The monoisotopic (exact) mass is 562 g/mol. The number of benzene rings is 2. The van der Waals surface area contributed by atoms with Crippen LogP contribution in [-0.2, 0) is 25.9 Å². The van der Waals surface area contributed by atoms with Crippen molar-refractivity contribution < 1.29 is 0 Å². The minimum absolute atomic E-state index is 0.0219. The summed E-state index contributed by atoms with van der Waals surface area (Å²) in [4.78, 5) is 24.0. The van der Waals surface area contributed by atoms with E-state index in [0.29, 0.717) is 36.0 Å². The number of pyridine rings is 1. The summed E-state index contributed by atoms with van der Waals surface area (Å²) in [6.07, 6.45) is 11.7. The Morgan fingerprint density at radius 2 is 1.66 bits per heavy atom. The number of rotatable bonds is 10. The van der Waals surface area contributed by atoms with Crippen molar-refractivity contribution in [3.05, 3.63) is 123 Å². The molecule has 3 heterocycles. The van der Waals surface area contributed by atoms with Crippen LogP contribution in [0.5, 0.6) is 0 Å². The van der Waals surface area contributed by atoms with Gasteiger partial charge in [-0.15, -0.1) is 0 Å². The molecule has 0 radical (unpaired) electrons. The molecule has 1 aliphatic rings. The number of halogens is 2. The van der Waals surface area contributed by atoms with Crippen molar-refractivity contribution in [2.75, 3.05) is 0 Å². The van der Waals surface area contributed by atoms with E-state index in [2.05, 4.69) is 30.1 Å². The highest BCUT2D eigenvalue weighted by atomic mass is 35.5. The van der Waals surface area contributed by atoms with E-state index in [1.54, 1.807) is 18.5 Å². The van der Waals surface area contributed by atoms with Gasteiger partial charge in [0.25, 0.3) is 0 Å². The van der Waals surface area contributed by atoms with Crippen molar-refractivity contribution in [2.24, 2.45) is 4.99 Å². The molecule has 5 nitrogen and oxygen atoms in total. The maximum atomic E-state index is 14.0. The summed E-state index contributed by atoms with van der Waals surface area (Å²) in [7, 11) is 0. The van der Waals surface area contributed by atoms with Crippen LogP contribution in [0.15, 0.2) is 105 Å². The zero-order valence-electron chi connectivity index (χ0n) is 21.1. The van der Waals surface area contributed by atoms with Gasteiger partial charge in [-0.05, 0) is 54.0 Å². The molecule has 0 saturated heterocycles. The van der Waals surface area contributed by atoms with E-state index < -0.39 is 5.54 Å². The average molecular weight is 564 g/mol. The standard InChI is InChI=1S/C30H28Cl2N4OS/c1-2-15-35-28(38-26-17-24(31)16-25(32)18-26)27(36(29(35)37)21-23-7-4-3-5-8-23)20-30(11-6-12-34-30)19-22-9-13-33-14-10-22/h3-14,16-18H,2,15,19-21H2,1H3. The SMILES string of the molecule is CCCn1c(Sc2cc(Cl)cc(Cl)c2)c(CC2(Cc3ccncc3)C=CC=N2)n(Cc2ccccc2)c1=O. The van der Waals surface area contributed by atoms with E-state index in [1.807, 2.05) is 63.9 Å². The molecule has 5 rings (SSSR count). The zero-order chi connectivity index (χ0) is 26.5. The molecule has 0 saturated carbocycles.